The van der Waals surface area contributed by atoms with Gasteiger partial charge in [0.15, 0.2) is 11.5 Å². The number of aryl methyl sites for hydroxylation is 1. The molecule has 1 aliphatic rings. The van der Waals surface area contributed by atoms with Crippen LogP contribution in [0.5, 0.6) is 0 Å². The number of carbonyl (C=O) groups is 1. The van der Waals surface area contributed by atoms with Crippen molar-refractivity contribution in [2.24, 2.45) is 7.05 Å². The van der Waals surface area contributed by atoms with Gasteiger partial charge in [-0.3, -0.25) is 14.4 Å². The number of nitrogens with one attached hydrogen (secondary N) is 2. The van der Waals surface area contributed by atoms with E-state index in [-0.39, 0.29) is 34.2 Å². The molecule has 14 heteroatoms. The van der Waals surface area contributed by atoms with Crippen molar-refractivity contribution in [1.29, 1.82) is 0 Å². The van der Waals surface area contributed by atoms with Gasteiger partial charge in [-0.15, -0.1) is 5.10 Å². The van der Waals surface area contributed by atoms with Crippen LogP contribution in [0.15, 0.2) is 30.6 Å². The van der Waals surface area contributed by atoms with Crippen molar-refractivity contribution in [3.05, 3.63) is 36.2 Å². The zero-order valence-electron chi connectivity index (χ0n) is 21.3. The Morgan fingerprint density at radius 2 is 1.89 bits per heavy atom. The number of hydrogen-bond acceptors (Lipinski definition) is 8. The van der Waals surface area contributed by atoms with Crippen LogP contribution in [-0.2, 0) is 18.0 Å². The minimum atomic E-state index is -4.62. The van der Waals surface area contributed by atoms with Gasteiger partial charge in [-0.25, -0.2) is 9.97 Å². The number of carbonyl (C=O) groups excluding carboxylic acids is 1. The van der Waals surface area contributed by atoms with Crippen molar-refractivity contribution in [3.63, 3.8) is 0 Å². The molecular weight excluding hydrogens is 501 g/mol. The summed E-state index contributed by atoms with van der Waals surface area (Å²) >= 11 is 0. The van der Waals surface area contributed by atoms with E-state index in [1.807, 2.05) is 0 Å². The van der Waals surface area contributed by atoms with Gasteiger partial charge in [0.1, 0.15) is 6.04 Å². The quantitative estimate of drug-likeness (QED) is 0.373. The van der Waals surface area contributed by atoms with Crippen LogP contribution in [0.2, 0.25) is 0 Å². The fourth-order valence-electron chi connectivity index (χ4n) is 4.43. The summed E-state index contributed by atoms with van der Waals surface area (Å²) in [6.07, 6.45) is -1.36. The third-order valence-electron chi connectivity index (χ3n) is 6.63. The van der Waals surface area contributed by atoms with E-state index in [1.165, 1.54) is 16.6 Å². The molecule has 5 rings (SSSR count). The lowest BCUT2D eigenvalue weighted by atomic mass is 10.1. The highest BCUT2D eigenvalue weighted by atomic mass is 19.4. The summed E-state index contributed by atoms with van der Waals surface area (Å²) in [6.45, 7) is 6.64. The van der Waals surface area contributed by atoms with E-state index in [0.29, 0.717) is 12.1 Å². The number of halogens is 3. The Bertz CT molecular complexity index is 1460. The van der Waals surface area contributed by atoms with Crippen LogP contribution in [0.3, 0.4) is 0 Å². The van der Waals surface area contributed by atoms with Crippen LogP contribution in [0.1, 0.15) is 12.5 Å². The van der Waals surface area contributed by atoms with Gasteiger partial charge in [-0.05, 0) is 26.1 Å². The Labute approximate surface area is 216 Å². The summed E-state index contributed by atoms with van der Waals surface area (Å²) in [5.41, 5.74) is -0.388. The first-order chi connectivity index (χ1) is 18.1. The number of para-hydroxylation sites is 1. The third-order valence-corrected chi connectivity index (χ3v) is 6.63. The van der Waals surface area contributed by atoms with Crippen LogP contribution in [0.4, 0.5) is 19.1 Å². The van der Waals surface area contributed by atoms with E-state index in [9.17, 15) is 18.0 Å². The summed E-state index contributed by atoms with van der Waals surface area (Å²) in [7, 11) is 3.82. The molecule has 0 saturated carbocycles. The fourth-order valence-corrected chi connectivity index (χ4v) is 4.43. The molecule has 1 fully saturated rings. The van der Waals surface area contributed by atoms with Crippen molar-refractivity contribution >= 4 is 28.4 Å². The lowest BCUT2D eigenvalue weighted by Gasteiger charge is -2.32. The average Bonchev–Trinajstić information content (AvgIpc) is 3.51. The molecule has 0 aliphatic carbocycles. The minimum Gasteiger partial charge on any atom is -0.353 e. The Balaban J connectivity index is 1.43. The SMILES string of the molecule is C[C@@H](Nc1nc2c(C(F)(F)F)cccc2c2nc(-c3cnn(C)c3)nn12)C(=O)NCCN1CCN(C)CC1. The van der Waals surface area contributed by atoms with E-state index < -0.39 is 17.8 Å². The van der Waals surface area contributed by atoms with Crippen LogP contribution in [0, 0.1) is 0 Å². The molecule has 1 aliphatic heterocycles. The molecular formula is C24H29F3N10O. The number of piperazine rings is 1. The summed E-state index contributed by atoms with van der Waals surface area (Å²) < 4.78 is 44.4. The van der Waals surface area contributed by atoms with Gasteiger partial charge in [0.2, 0.25) is 11.9 Å². The fraction of sp³-hybridized carbons (Fsp3) is 0.458. The maximum absolute atomic E-state index is 13.8. The summed E-state index contributed by atoms with van der Waals surface area (Å²) in [4.78, 5) is 26.2. The highest BCUT2D eigenvalue weighted by Crippen LogP contribution is 2.36. The van der Waals surface area contributed by atoms with Crippen LogP contribution in [0.25, 0.3) is 27.9 Å². The Morgan fingerprint density at radius 3 is 2.58 bits per heavy atom. The van der Waals surface area contributed by atoms with Gasteiger partial charge in [-0.2, -0.15) is 22.8 Å². The Kier molecular flexibility index (Phi) is 6.92. The lowest BCUT2D eigenvalue weighted by molar-refractivity contribution is -0.136. The smallest absolute Gasteiger partial charge is 0.353 e. The summed E-state index contributed by atoms with van der Waals surface area (Å²) in [5.74, 6) is -0.0448. The molecule has 202 valence electrons. The molecule has 1 amide bonds. The van der Waals surface area contributed by atoms with Gasteiger partial charge in [0.25, 0.3) is 0 Å². The lowest BCUT2D eigenvalue weighted by Crippen LogP contribution is -2.48. The molecule has 4 aromatic rings. The number of aromatic nitrogens is 6. The molecule has 0 unspecified atom stereocenters. The number of amides is 1. The van der Waals surface area contributed by atoms with E-state index >= 15 is 0 Å². The number of hydrogen-bond donors (Lipinski definition) is 2. The van der Waals surface area contributed by atoms with E-state index in [4.69, 9.17) is 0 Å². The van der Waals surface area contributed by atoms with Gasteiger partial charge in [0, 0.05) is 57.9 Å². The zero-order valence-corrected chi connectivity index (χ0v) is 21.3. The van der Waals surface area contributed by atoms with Gasteiger partial charge in [-0.1, -0.05) is 6.07 Å². The van der Waals surface area contributed by atoms with Crippen molar-refractivity contribution < 1.29 is 18.0 Å². The molecule has 38 heavy (non-hydrogen) atoms. The van der Waals surface area contributed by atoms with Crippen LogP contribution in [-0.4, -0.2) is 97.4 Å². The predicted molar refractivity (Wildman–Crippen MR) is 136 cm³/mol. The van der Waals surface area contributed by atoms with Crippen molar-refractivity contribution in [3.8, 4) is 11.4 Å². The summed E-state index contributed by atoms with van der Waals surface area (Å²) in [5, 5.41) is 14.6. The second kappa shape index (κ2) is 10.2. The molecule has 1 saturated heterocycles. The number of anilines is 1. The Hall–Kier alpha value is -3.78. The normalized spacial score (nSPS) is 16.3. The van der Waals surface area contributed by atoms with E-state index in [0.717, 1.165) is 38.8 Å². The molecule has 2 N–H and O–H groups in total. The molecule has 4 heterocycles. The number of rotatable bonds is 7. The predicted octanol–water partition coefficient (Wildman–Crippen LogP) is 1.86. The van der Waals surface area contributed by atoms with Gasteiger partial charge < -0.3 is 15.5 Å². The number of benzene rings is 1. The molecule has 0 bridgehead atoms. The van der Waals surface area contributed by atoms with Gasteiger partial charge in [0.05, 0.1) is 22.8 Å². The minimum absolute atomic E-state index is 0.0199. The average molecular weight is 531 g/mol. The summed E-state index contributed by atoms with van der Waals surface area (Å²) in [6, 6.07) is 3.02. The second-order valence-corrected chi connectivity index (χ2v) is 9.51. The molecule has 1 aromatic carbocycles. The zero-order chi connectivity index (χ0) is 27.0. The number of nitrogens with zero attached hydrogens (tertiary/aromatic N) is 8. The monoisotopic (exact) mass is 530 g/mol. The first-order valence-electron chi connectivity index (χ1n) is 12.3. The molecule has 11 nitrogen and oxygen atoms in total. The van der Waals surface area contributed by atoms with Crippen LogP contribution < -0.4 is 10.6 Å². The topological polar surface area (TPSA) is 109 Å². The first-order valence-corrected chi connectivity index (χ1v) is 12.3. The standard InChI is InChI=1S/C24H29F3N10O/c1-15(22(38)28-7-8-36-11-9-34(2)10-12-36)30-23-31-19-17(5-4-6-18(19)24(25,26)27)21-32-20(33-37(21)23)16-13-29-35(3)14-16/h4-6,13-15H,7-12H2,1-3H3,(H,28,38)(H,30,31)/t15-/m1/s1. The Morgan fingerprint density at radius 1 is 1.13 bits per heavy atom. The maximum atomic E-state index is 13.8. The third kappa shape index (κ3) is 5.27. The van der Waals surface area contributed by atoms with E-state index in [1.54, 1.807) is 31.0 Å². The maximum Gasteiger partial charge on any atom is 0.418 e. The second-order valence-electron chi connectivity index (χ2n) is 9.51. The number of fused-ring (bicyclic) bond motifs is 3. The molecule has 3 aromatic heterocycles. The largest absolute Gasteiger partial charge is 0.418 e. The highest BCUT2D eigenvalue weighted by Gasteiger charge is 2.34. The van der Waals surface area contributed by atoms with Gasteiger partial charge >= 0.3 is 6.18 Å². The molecule has 0 spiro atoms. The molecule has 0 radical (unpaired) electrons. The molecule has 1 atom stereocenters. The van der Waals surface area contributed by atoms with E-state index in [2.05, 4.69) is 47.6 Å². The van der Waals surface area contributed by atoms with Crippen molar-refractivity contribution in [1.82, 2.24) is 44.5 Å². The number of likely N-dealkylation sites (N-methyl/N-ethyl adjacent to an activating group) is 1. The highest BCUT2D eigenvalue weighted by molar-refractivity contribution is 5.95. The van der Waals surface area contributed by atoms with Crippen LogP contribution >= 0.6 is 0 Å². The number of alkyl halides is 3. The first kappa shape index (κ1) is 25.9. The van der Waals surface area contributed by atoms with Crippen molar-refractivity contribution in [2.75, 3.05) is 51.6 Å². The van der Waals surface area contributed by atoms with Crippen molar-refractivity contribution in [2.45, 2.75) is 19.1 Å².